The van der Waals surface area contributed by atoms with Crippen molar-refractivity contribution in [2.75, 3.05) is 13.1 Å². The van der Waals surface area contributed by atoms with Crippen molar-refractivity contribution in [3.63, 3.8) is 0 Å². The van der Waals surface area contributed by atoms with Crippen molar-refractivity contribution in [3.8, 4) is 0 Å². The molecule has 0 aliphatic rings. The average Bonchev–Trinajstić information content (AvgIpc) is 2.13. The van der Waals surface area contributed by atoms with Crippen LogP contribution in [-0.4, -0.2) is 25.0 Å². The fraction of sp³-hybridized carbons (Fsp3) is 0.417. The number of nitrogens with one attached hydrogen (secondary N) is 1. The Balaban J connectivity index is 2.74. The van der Waals surface area contributed by atoms with E-state index in [2.05, 4.69) is 0 Å². The van der Waals surface area contributed by atoms with E-state index in [1.54, 1.807) is 19.9 Å². The molecular weight excluding hydrogens is 250 g/mol. The zero-order valence-corrected chi connectivity index (χ0v) is 9.99. The lowest BCUT2D eigenvalue weighted by Gasteiger charge is -2.10. The van der Waals surface area contributed by atoms with Gasteiger partial charge in [0, 0.05) is 0 Å². The lowest BCUT2D eigenvalue weighted by Crippen LogP contribution is -2.33. The molecule has 0 radical (unpaired) electrons. The topological polar surface area (TPSA) is 29.1 Å². The molecule has 0 unspecified atom stereocenters. The molecule has 0 aromatic heterocycles. The molecule has 0 atom stereocenters. The molecule has 0 fully saturated rings. The predicted octanol–water partition coefficient (Wildman–Crippen LogP) is 2.78. The standard InChI is InChI=1S/C12H13F4NO/c1-7-3-8(2)11(9(13)4-7)10(18)5-17-6-12(14,15)16/h3-4,17H,5-6H2,1-2H3. The van der Waals surface area contributed by atoms with Crippen molar-refractivity contribution < 1.29 is 22.4 Å². The Morgan fingerprint density at radius 3 is 2.39 bits per heavy atom. The summed E-state index contributed by atoms with van der Waals surface area (Å²) in [6.45, 7) is 1.41. The van der Waals surface area contributed by atoms with Crippen LogP contribution >= 0.6 is 0 Å². The van der Waals surface area contributed by atoms with E-state index in [1.165, 1.54) is 6.07 Å². The SMILES string of the molecule is Cc1cc(C)c(C(=O)CNCC(F)(F)F)c(F)c1. The Labute approximate surface area is 102 Å². The molecule has 0 spiro atoms. The Morgan fingerprint density at radius 2 is 1.89 bits per heavy atom. The molecule has 0 aliphatic heterocycles. The Bertz CT molecular complexity index is 431. The minimum Gasteiger partial charge on any atom is -0.302 e. The van der Waals surface area contributed by atoms with Gasteiger partial charge in [-0.3, -0.25) is 4.79 Å². The molecule has 1 N–H and O–H groups in total. The van der Waals surface area contributed by atoms with Crippen LogP contribution in [0.1, 0.15) is 21.5 Å². The van der Waals surface area contributed by atoms with Gasteiger partial charge in [0.05, 0.1) is 18.7 Å². The van der Waals surface area contributed by atoms with E-state index in [9.17, 15) is 22.4 Å². The maximum Gasteiger partial charge on any atom is 0.401 e. The maximum absolute atomic E-state index is 13.6. The van der Waals surface area contributed by atoms with E-state index in [-0.39, 0.29) is 5.56 Å². The van der Waals surface area contributed by atoms with Crippen molar-refractivity contribution in [2.24, 2.45) is 0 Å². The Hall–Kier alpha value is -1.43. The van der Waals surface area contributed by atoms with Gasteiger partial charge in [-0.25, -0.2) is 4.39 Å². The van der Waals surface area contributed by atoms with Crippen LogP contribution in [0.25, 0.3) is 0 Å². The number of hydrogen-bond acceptors (Lipinski definition) is 2. The molecular formula is C12H13F4NO. The monoisotopic (exact) mass is 263 g/mol. The molecule has 6 heteroatoms. The van der Waals surface area contributed by atoms with E-state index in [4.69, 9.17) is 0 Å². The average molecular weight is 263 g/mol. The summed E-state index contributed by atoms with van der Waals surface area (Å²) in [5.41, 5.74) is 0.923. The van der Waals surface area contributed by atoms with Gasteiger partial charge in [0.1, 0.15) is 5.82 Å². The highest BCUT2D eigenvalue weighted by molar-refractivity contribution is 5.99. The third-order valence-electron chi connectivity index (χ3n) is 2.32. The number of carbonyl (C=O) groups excluding carboxylic acids is 1. The fourth-order valence-corrected chi connectivity index (χ4v) is 1.68. The van der Waals surface area contributed by atoms with Crippen molar-refractivity contribution in [1.29, 1.82) is 0 Å². The van der Waals surface area contributed by atoms with Crippen molar-refractivity contribution in [1.82, 2.24) is 5.32 Å². The van der Waals surface area contributed by atoms with Crippen molar-refractivity contribution in [2.45, 2.75) is 20.0 Å². The second-order valence-electron chi connectivity index (χ2n) is 4.08. The van der Waals surface area contributed by atoms with Crippen molar-refractivity contribution in [3.05, 3.63) is 34.6 Å². The number of ketones is 1. The van der Waals surface area contributed by atoms with Gasteiger partial charge in [-0.15, -0.1) is 0 Å². The third kappa shape index (κ3) is 4.10. The van der Waals surface area contributed by atoms with E-state index >= 15 is 0 Å². The van der Waals surface area contributed by atoms with Crippen LogP contribution in [0.4, 0.5) is 17.6 Å². The highest BCUT2D eigenvalue weighted by Gasteiger charge is 2.27. The largest absolute Gasteiger partial charge is 0.401 e. The number of Topliss-reactive ketones (excluding diaryl/α,β-unsaturated/α-hetero) is 1. The minimum absolute atomic E-state index is 0.157. The first-order valence-corrected chi connectivity index (χ1v) is 5.28. The van der Waals surface area contributed by atoms with Gasteiger partial charge in [0.2, 0.25) is 0 Å². The first-order valence-electron chi connectivity index (χ1n) is 5.28. The fourth-order valence-electron chi connectivity index (χ4n) is 1.68. The smallest absolute Gasteiger partial charge is 0.302 e. The molecule has 0 bridgehead atoms. The number of rotatable bonds is 4. The number of halogens is 4. The molecule has 1 aromatic carbocycles. The molecule has 0 aliphatic carbocycles. The molecule has 1 rings (SSSR count). The Kier molecular flexibility index (Phi) is 4.45. The molecule has 0 heterocycles. The molecule has 0 saturated heterocycles. The van der Waals surface area contributed by atoms with Gasteiger partial charge in [-0.2, -0.15) is 13.2 Å². The number of carbonyl (C=O) groups is 1. The summed E-state index contributed by atoms with van der Waals surface area (Å²) in [6, 6.07) is 2.80. The zero-order chi connectivity index (χ0) is 13.9. The lowest BCUT2D eigenvalue weighted by atomic mass is 10.0. The maximum atomic E-state index is 13.6. The normalized spacial score (nSPS) is 11.7. The van der Waals surface area contributed by atoms with E-state index in [0.717, 1.165) is 0 Å². The molecule has 2 nitrogen and oxygen atoms in total. The number of aryl methyl sites for hydroxylation is 2. The summed E-state index contributed by atoms with van der Waals surface area (Å²) in [7, 11) is 0. The van der Waals surface area contributed by atoms with Gasteiger partial charge < -0.3 is 5.32 Å². The molecule has 1 aromatic rings. The quantitative estimate of drug-likeness (QED) is 0.668. The van der Waals surface area contributed by atoms with Crippen LogP contribution in [0.15, 0.2) is 12.1 Å². The van der Waals surface area contributed by atoms with Gasteiger partial charge in [0.15, 0.2) is 5.78 Å². The van der Waals surface area contributed by atoms with Gasteiger partial charge >= 0.3 is 6.18 Å². The predicted molar refractivity (Wildman–Crippen MR) is 59.1 cm³/mol. The molecule has 100 valence electrons. The highest BCUT2D eigenvalue weighted by atomic mass is 19.4. The van der Waals surface area contributed by atoms with E-state index in [1.807, 2.05) is 5.32 Å². The number of hydrogen-bond donors (Lipinski definition) is 1. The van der Waals surface area contributed by atoms with Crippen LogP contribution in [-0.2, 0) is 0 Å². The summed E-state index contributed by atoms with van der Waals surface area (Å²) >= 11 is 0. The van der Waals surface area contributed by atoms with Crippen molar-refractivity contribution >= 4 is 5.78 Å². The van der Waals surface area contributed by atoms with Crippen LogP contribution in [0.5, 0.6) is 0 Å². The molecule has 0 saturated carbocycles. The van der Waals surface area contributed by atoms with Crippen LogP contribution in [0.3, 0.4) is 0 Å². The third-order valence-corrected chi connectivity index (χ3v) is 2.32. The summed E-state index contributed by atoms with van der Waals surface area (Å²) in [5.74, 6) is -1.39. The van der Waals surface area contributed by atoms with Gasteiger partial charge in [-0.05, 0) is 31.0 Å². The van der Waals surface area contributed by atoms with Crippen LogP contribution in [0, 0.1) is 19.7 Å². The second kappa shape index (κ2) is 5.48. The first-order chi connectivity index (χ1) is 8.20. The zero-order valence-electron chi connectivity index (χ0n) is 9.99. The minimum atomic E-state index is -4.39. The van der Waals surface area contributed by atoms with Gasteiger partial charge in [0.25, 0.3) is 0 Å². The second-order valence-corrected chi connectivity index (χ2v) is 4.08. The highest BCUT2D eigenvalue weighted by Crippen LogP contribution is 2.16. The van der Waals surface area contributed by atoms with E-state index < -0.39 is 30.9 Å². The molecule has 0 amide bonds. The number of benzene rings is 1. The Morgan fingerprint density at radius 1 is 1.28 bits per heavy atom. The van der Waals surface area contributed by atoms with E-state index in [0.29, 0.717) is 11.1 Å². The number of alkyl halides is 3. The molecule has 18 heavy (non-hydrogen) atoms. The summed E-state index contributed by atoms with van der Waals surface area (Å²) in [5, 5.41) is 1.95. The first kappa shape index (κ1) is 14.6. The summed E-state index contributed by atoms with van der Waals surface area (Å²) < 4.78 is 49.2. The van der Waals surface area contributed by atoms with Crippen LogP contribution < -0.4 is 5.32 Å². The van der Waals surface area contributed by atoms with Crippen LogP contribution in [0.2, 0.25) is 0 Å². The lowest BCUT2D eigenvalue weighted by molar-refractivity contribution is -0.124. The summed E-state index contributed by atoms with van der Waals surface area (Å²) in [6.07, 6.45) is -4.39. The van der Waals surface area contributed by atoms with Gasteiger partial charge in [-0.1, -0.05) is 6.07 Å². The summed E-state index contributed by atoms with van der Waals surface area (Å²) in [4.78, 5) is 11.6.